The highest BCUT2D eigenvalue weighted by atomic mass is 16.5. The minimum absolute atomic E-state index is 0.518. The summed E-state index contributed by atoms with van der Waals surface area (Å²) >= 11 is 0. The number of ether oxygens (including phenoxy) is 1. The van der Waals surface area contributed by atoms with Gasteiger partial charge in [-0.25, -0.2) is 0 Å². The number of nitrogens with zero attached hydrogens (tertiary/aromatic N) is 2. The molecule has 0 aromatic heterocycles. The number of hydrogen-bond acceptors (Lipinski definition) is 3. The van der Waals surface area contributed by atoms with Crippen molar-refractivity contribution >= 4 is 0 Å². The van der Waals surface area contributed by atoms with Gasteiger partial charge in [0.15, 0.2) is 0 Å². The maximum atomic E-state index is 6.04. The number of piperidine rings is 2. The fraction of sp³-hybridized carbons (Fsp3) is 1.00. The molecule has 2 rings (SSSR count). The molecule has 0 N–H and O–H groups in total. The largest absolute Gasteiger partial charge is 0.377 e. The monoisotopic (exact) mass is 268 g/mol. The van der Waals surface area contributed by atoms with Crippen molar-refractivity contribution in [1.82, 2.24) is 9.80 Å². The maximum absolute atomic E-state index is 6.04. The van der Waals surface area contributed by atoms with Crippen LogP contribution in [0.3, 0.4) is 0 Å². The molecule has 0 aromatic carbocycles. The van der Waals surface area contributed by atoms with Crippen molar-refractivity contribution < 1.29 is 4.74 Å². The number of rotatable bonds is 5. The molecule has 2 aliphatic heterocycles. The Morgan fingerprint density at radius 2 is 1.63 bits per heavy atom. The van der Waals surface area contributed by atoms with Crippen molar-refractivity contribution in [2.24, 2.45) is 11.8 Å². The smallest absolute Gasteiger partial charge is 0.0600 e. The molecule has 0 unspecified atom stereocenters. The van der Waals surface area contributed by atoms with E-state index in [2.05, 4.69) is 30.7 Å². The summed E-state index contributed by atoms with van der Waals surface area (Å²) in [5.74, 6) is 1.81. The fourth-order valence-corrected chi connectivity index (χ4v) is 3.34. The summed E-state index contributed by atoms with van der Waals surface area (Å²) in [4.78, 5) is 4.99. The van der Waals surface area contributed by atoms with Gasteiger partial charge in [-0.1, -0.05) is 13.8 Å². The molecule has 0 bridgehead atoms. The molecule has 0 atom stereocenters. The van der Waals surface area contributed by atoms with E-state index in [1.807, 2.05) is 0 Å². The van der Waals surface area contributed by atoms with Crippen molar-refractivity contribution in [3.63, 3.8) is 0 Å². The summed E-state index contributed by atoms with van der Waals surface area (Å²) < 4.78 is 6.04. The molecule has 3 nitrogen and oxygen atoms in total. The average Bonchev–Trinajstić information content (AvgIpc) is 2.41. The van der Waals surface area contributed by atoms with Crippen molar-refractivity contribution in [3.05, 3.63) is 0 Å². The van der Waals surface area contributed by atoms with Crippen LogP contribution in [0.5, 0.6) is 0 Å². The van der Waals surface area contributed by atoms with Crippen LogP contribution < -0.4 is 0 Å². The first kappa shape index (κ1) is 15.3. The summed E-state index contributed by atoms with van der Waals surface area (Å²) in [5, 5.41) is 0. The molecule has 0 aromatic rings. The van der Waals surface area contributed by atoms with E-state index in [1.54, 1.807) is 0 Å². The van der Waals surface area contributed by atoms with Gasteiger partial charge >= 0.3 is 0 Å². The minimum Gasteiger partial charge on any atom is -0.377 e. The maximum Gasteiger partial charge on any atom is 0.0600 e. The fourth-order valence-electron chi connectivity index (χ4n) is 3.34. The first-order chi connectivity index (χ1) is 9.15. The summed E-state index contributed by atoms with van der Waals surface area (Å²) in [6.45, 7) is 11.7. The SMILES string of the molecule is CC(C)C1CCN(CCOC2CCN(C)CC2)CC1. The Kier molecular flexibility index (Phi) is 6.11. The van der Waals surface area contributed by atoms with Crippen LogP contribution >= 0.6 is 0 Å². The van der Waals surface area contributed by atoms with E-state index in [4.69, 9.17) is 4.74 Å². The predicted octanol–water partition coefficient (Wildman–Crippen LogP) is 2.47. The predicted molar refractivity (Wildman–Crippen MR) is 80.5 cm³/mol. The van der Waals surface area contributed by atoms with Crippen molar-refractivity contribution in [1.29, 1.82) is 0 Å². The van der Waals surface area contributed by atoms with E-state index >= 15 is 0 Å². The van der Waals surface area contributed by atoms with Crippen LogP contribution in [-0.2, 0) is 4.74 Å². The average molecular weight is 268 g/mol. The molecule has 0 radical (unpaired) electrons. The van der Waals surface area contributed by atoms with E-state index in [0.717, 1.165) is 25.0 Å². The lowest BCUT2D eigenvalue weighted by Crippen LogP contribution is -2.39. The molecular formula is C16H32N2O. The first-order valence-electron chi connectivity index (χ1n) is 8.17. The van der Waals surface area contributed by atoms with Crippen molar-refractivity contribution in [2.75, 3.05) is 46.4 Å². The lowest BCUT2D eigenvalue weighted by molar-refractivity contribution is -0.00152. The molecule has 112 valence electrons. The Morgan fingerprint density at radius 1 is 1.00 bits per heavy atom. The summed E-state index contributed by atoms with van der Waals surface area (Å²) in [6, 6.07) is 0. The zero-order valence-electron chi connectivity index (χ0n) is 13.1. The molecule has 2 saturated heterocycles. The summed E-state index contributed by atoms with van der Waals surface area (Å²) in [6.07, 6.45) is 5.71. The molecule has 0 spiro atoms. The Hall–Kier alpha value is -0.120. The van der Waals surface area contributed by atoms with Crippen LogP contribution in [0.25, 0.3) is 0 Å². The minimum atomic E-state index is 0.518. The van der Waals surface area contributed by atoms with Crippen LogP contribution in [0.1, 0.15) is 39.5 Å². The molecule has 2 fully saturated rings. The van der Waals surface area contributed by atoms with E-state index in [0.29, 0.717) is 6.10 Å². The van der Waals surface area contributed by atoms with Crippen LogP contribution in [0.2, 0.25) is 0 Å². The Morgan fingerprint density at radius 3 is 2.21 bits per heavy atom. The van der Waals surface area contributed by atoms with Gasteiger partial charge in [-0.15, -0.1) is 0 Å². The molecule has 0 saturated carbocycles. The summed E-state index contributed by atoms with van der Waals surface area (Å²) in [7, 11) is 2.20. The van der Waals surface area contributed by atoms with E-state index in [9.17, 15) is 0 Å². The topological polar surface area (TPSA) is 15.7 Å². The Labute approximate surface area is 119 Å². The molecule has 0 amide bonds. The number of hydrogen-bond donors (Lipinski definition) is 0. The summed E-state index contributed by atoms with van der Waals surface area (Å²) in [5.41, 5.74) is 0. The number of likely N-dealkylation sites (tertiary alicyclic amines) is 2. The van der Waals surface area contributed by atoms with E-state index in [-0.39, 0.29) is 0 Å². The Bertz CT molecular complexity index is 241. The molecular weight excluding hydrogens is 236 g/mol. The second-order valence-corrected chi connectivity index (χ2v) is 6.80. The van der Waals surface area contributed by atoms with Crippen molar-refractivity contribution in [3.8, 4) is 0 Å². The van der Waals surface area contributed by atoms with Gasteiger partial charge in [0.05, 0.1) is 12.7 Å². The first-order valence-corrected chi connectivity index (χ1v) is 8.17. The van der Waals surface area contributed by atoms with Gasteiger partial charge in [-0.05, 0) is 57.7 Å². The third kappa shape index (κ3) is 5.05. The quantitative estimate of drug-likeness (QED) is 0.762. The molecule has 19 heavy (non-hydrogen) atoms. The highest BCUT2D eigenvalue weighted by Crippen LogP contribution is 2.24. The molecule has 2 aliphatic rings. The normalized spacial score (nSPS) is 25.3. The van der Waals surface area contributed by atoms with E-state index in [1.165, 1.54) is 51.9 Å². The second kappa shape index (κ2) is 7.61. The van der Waals surface area contributed by atoms with Gasteiger partial charge in [0, 0.05) is 19.6 Å². The lowest BCUT2D eigenvalue weighted by atomic mass is 9.87. The standard InChI is InChI=1S/C16H32N2O/c1-14(2)15-4-10-18(11-5-15)12-13-19-16-6-8-17(3)9-7-16/h14-16H,4-13H2,1-3H3. The zero-order chi connectivity index (χ0) is 13.7. The molecule has 3 heteroatoms. The third-order valence-electron chi connectivity index (χ3n) is 5.00. The third-order valence-corrected chi connectivity index (χ3v) is 5.00. The van der Waals surface area contributed by atoms with Crippen LogP contribution in [0.15, 0.2) is 0 Å². The zero-order valence-corrected chi connectivity index (χ0v) is 13.1. The highest BCUT2D eigenvalue weighted by Gasteiger charge is 2.22. The second-order valence-electron chi connectivity index (χ2n) is 6.80. The van der Waals surface area contributed by atoms with Gasteiger partial charge < -0.3 is 14.5 Å². The highest BCUT2D eigenvalue weighted by molar-refractivity contribution is 4.75. The van der Waals surface area contributed by atoms with Crippen LogP contribution in [0.4, 0.5) is 0 Å². The Balaban J connectivity index is 1.54. The van der Waals surface area contributed by atoms with Gasteiger partial charge in [-0.2, -0.15) is 0 Å². The van der Waals surface area contributed by atoms with Crippen LogP contribution in [0, 0.1) is 11.8 Å². The molecule has 0 aliphatic carbocycles. The van der Waals surface area contributed by atoms with Gasteiger partial charge in [-0.3, -0.25) is 0 Å². The van der Waals surface area contributed by atoms with Crippen molar-refractivity contribution in [2.45, 2.75) is 45.6 Å². The van der Waals surface area contributed by atoms with Crippen LogP contribution in [-0.4, -0.2) is 62.3 Å². The van der Waals surface area contributed by atoms with Gasteiger partial charge in [0.2, 0.25) is 0 Å². The molecule has 2 heterocycles. The van der Waals surface area contributed by atoms with Gasteiger partial charge in [0.25, 0.3) is 0 Å². The van der Waals surface area contributed by atoms with Gasteiger partial charge in [0.1, 0.15) is 0 Å². The van der Waals surface area contributed by atoms with E-state index < -0.39 is 0 Å². The lowest BCUT2D eigenvalue weighted by Gasteiger charge is -2.34.